The fraction of sp³-hybridized carbons (Fsp3) is 0.667. The number of nitrogens with zero attached hydrogens (tertiary/aromatic N) is 2. The van der Waals surface area contributed by atoms with Gasteiger partial charge in [0.1, 0.15) is 6.26 Å². The molecule has 0 N–H and O–H groups in total. The van der Waals surface area contributed by atoms with E-state index in [1.807, 2.05) is 0 Å². The molecule has 1 fully saturated rings. The Morgan fingerprint density at radius 3 is 2.78 bits per heavy atom. The lowest BCUT2D eigenvalue weighted by atomic mass is 10.2. The van der Waals surface area contributed by atoms with Gasteiger partial charge in [-0.2, -0.15) is 14.6 Å². The Morgan fingerprint density at radius 2 is 2.22 bits per heavy atom. The maximum Gasteiger partial charge on any atom is 0.373 e. The van der Waals surface area contributed by atoms with Gasteiger partial charge < -0.3 is 14.1 Å². The van der Waals surface area contributed by atoms with E-state index in [4.69, 9.17) is 18.7 Å². The summed E-state index contributed by atoms with van der Waals surface area (Å²) in [6.07, 6.45) is 3.98. The molecule has 0 aromatic carbocycles. The number of carbonyl (C=O) groups excluding carboxylic acids is 2. The van der Waals surface area contributed by atoms with Crippen LogP contribution in [0.1, 0.15) is 26.0 Å². The minimum absolute atomic E-state index is 0.250. The second-order valence-corrected chi connectivity index (χ2v) is 3.89. The second-order valence-electron chi connectivity index (χ2n) is 3.89. The van der Waals surface area contributed by atoms with Gasteiger partial charge in [0.15, 0.2) is 0 Å². The largest absolute Gasteiger partial charge is 0.432 e. The molecule has 0 unspecified atom stereocenters. The molecule has 1 aliphatic rings. The maximum atomic E-state index is 8.12. The van der Waals surface area contributed by atoms with Gasteiger partial charge in [0.05, 0.1) is 24.9 Å². The molecule has 2 rings (SSSR count). The molecule has 0 aliphatic carbocycles. The van der Waals surface area contributed by atoms with E-state index in [-0.39, 0.29) is 6.15 Å². The zero-order valence-corrected chi connectivity index (χ0v) is 10.7. The standard InChI is InChI=1S/C11H18N2O2.CO2/c1-3-9-7-15-11(12-9)13-5-6-14-8-10(13)4-2;2-1-3/h7,10H,3-6,8H2,1-2H3;/t10-;/m0./s1. The zero-order valence-electron chi connectivity index (χ0n) is 10.7. The van der Waals surface area contributed by atoms with Gasteiger partial charge >= 0.3 is 6.15 Å². The van der Waals surface area contributed by atoms with E-state index in [1.165, 1.54) is 0 Å². The number of rotatable bonds is 3. The Bertz CT molecular complexity index is 385. The summed E-state index contributed by atoms with van der Waals surface area (Å²) >= 11 is 0. The van der Waals surface area contributed by atoms with Crippen LogP contribution in [-0.2, 0) is 20.7 Å². The van der Waals surface area contributed by atoms with Gasteiger partial charge in [0.25, 0.3) is 6.01 Å². The number of anilines is 1. The van der Waals surface area contributed by atoms with Gasteiger partial charge in [0.2, 0.25) is 0 Å². The van der Waals surface area contributed by atoms with E-state index >= 15 is 0 Å². The second kappa shape index (κ2) is 7.63. The monoisotopic (exact) mass is 254 g/mol. The molecular weight excluding hydrogens is 236 g/mol. The molecule has 0 radical (unpaired) electrons. The smallest absolute Gasteiger partial charge is 0.373 e. The fourth-order valence-electron chi connectivity index (χ4n) is 1.84. The fourth-order valence-corrected chi connectivity index (χ4v) is 1.84. The third-order valence-corrected chi connectivity index (χ3v) is 2.85. The SMILES string of the molecule is CCc1coc(N2CCOC[C@@H]2CC)n1.O=C=O. The van der Waals surface area contributed by atoms with Gasteiger partial charge in [-0.05, 0) is 12.8 Å². The minimum Gasteiger partial charge on any atom is -0.432 e. The molecule has 2 heterocycles. The number of hydrogen-bond donors (Lipinski definition) is 0. The van der Waals surface area contributed by atoms with Crippen molar-refractivity contribution in [2.45, 2.75) is 32.7 Å². The molecule has 100 valence electrons. The Morgan fingerprint density at radius 1 is 1.50 bits per heavy atom. The summed E-state index contributed by atoms with van der Waals surface area (Å²) in [7, 11) is 0. The highest BCUT2D eigenvalue weighted by Crippen LogP contribution is 2.20. The molecule has 1 saturated heterocycles. The molecule has 6 heteroatoms. The van der Waals surface area contributed by atoms with Gasteiger partial charge in [-0.3, -0.25) is 0 Å². The lowest BCUT2D eigenvalue weighted by molar-refractivity contribution is -0.191. The zero-order chi connectivity index (χ0) is 13.4. The van der Waals surface area contributed by atoms with E-state index in [0.29, 0.717) is 6.04 Å². The Hall–Kier alpha value is -1.65. The molecular formula is C12H18N2O4. The van der Waals surface area contributed by atoms with Crippen molar-refractivity contribution in [2.24, 2.45) is 0 Å². The number of ether oxygens (including phenoxy) is 1. The molecule has 18 heavy (non-hydrogen) atoms. The Kier molecular flexibility index (Phi) is 6.11. The Labute approximate surface area is 106 Å². The van der Waals surface area contributed by atoms with Crippen molar-refractivity contribution in [1.29, 1.82) is 0 Å². The molecule has 1 aromatic rings. The molecule has 0 saturated carbocycles. The summed E-state index contributed by atoms with van der Waals surface area (Å²) in [4.78, 5) is 22.9. The van der Waals surface area contributed by atoms with Gasteiger partial charge in [-0.15, -0.1) is 0 Å². The summed E-state index contributed by atoms with van der Waals surface area (Å²) < 4.78 is 10.9. The number of morpholine rings is 1. The summed E-state index contributed by atoms with van der Waals surface area (Å²) in [5.41, 5.74) is 1.02. The van der Waals surface area contributed by atoms with Gasteiger partial charge in [0, 0.05) is 6.54 Å². The van der Waals surface area contributed by atoms with E-state index in [0.717, 1.165) is 44.3 Å². The summed E-state index contributed by atoms with van der Waals surface area (Å²) in [6.45, 7) is 6.66. The van der Waals surface area contributed by atoms with Crippen LogP contribution in [0.2, 0.25) is 0 Å². The number of aromatic nitrogens is 1. The van der Waals surface area contributed by atoms with E-state index in [2.05, 4.69) is 23.7 Å². The van der Waals surface area contributed by atoms with Gasteiger partial charge in [-0.25, -0.2) is 0 Å². The highest BCUT2D eigenvalue weighted by Gasteiger charge is 2.24. The first-order valence-corrected chi connectivity index (χ1v) is 6.04. The summed E-state index contributed by atoms with van der Waals surface area (Å²) in [6, 6.07) is 1.16. The summed E-state index contributed by atoms with van der Waals surface area (Å²) in [5.74, 6) is 0. The highest BCUT2D eigenvalue weighted by molar-refractivity contribution is 5.29. The first-order valence-electron chi connectivity index (χ1n) is 6.04. The molecule has 0 bridgehead atoms. The maximum absolute atomic E-state index is 8.12. The Balaban J connectivity index is 0.000000492. The third kappa shape index (κ3) is 3.68. The van der Waals surface area contributed by atoms with Crippen molar-refractivity contribution in [3.63, 3.8) is 0 Å². The van der Waals surface area contributed by atoms with Crippen LogP contribution in [0.25, 0.3) is 0 Å². The van der Waals surface area contributed by atoms with Crippen molar-refractivity contribution in [3.8, 4) is 0 Å². The minimum atomic E-state index is 0.250. The van der Waals surface area contributed by atoms with Crippen molar-refractivity contribution < 1.29 is 18.7 Å². The average Bonchev–Trinajstić information content (AvgIpc) is 2.88. The lowest BCUT2D eigenvalue weighted by Crippen LogP contribution is -2.45. The number of hydrogen-bond acceptors (Lipinski definition) is 6. The van der Waals surface area contributed by atoms with Crippen LogP contribution in [0.4, 0.5) is 6.01 Å². The van der Waals surface area contributed by atoms with Crippen molar-refractivity contribution in [1.82, 2.24) is 4.98 Å². The predicted octanol–water partition coefficient (Wildman–Crippen LogP) is 1.27. The van der Waals surface area contributed by atoms with Crippen LogP contribution in [0.5, 0.6) is 0 Å². The number of aryl methyl sites for hydroxylation is 1. The van der Waals surface area contributed by atoms with Crippen molar-refractivity contribution in [2.75, 3.05) is 24.7 Å². The van der Waals surface area contributed by atoms with E-state index < -0.39 is 0 Å². The van der Waals surface area contributed by atoms with Crippen molar-refractivity contribution in [3.05, 3.63) is 12.0 Å². The third-order valence-electron chi connectivity index (χ3n) is 2.85. The van der Waals surface area contributed by atoms with Crippen LogP contribution in [0.15, 0.2) is 10.7 Å². The van der Waals surface area contributed by atoms with E-state index in [9.17, 15) is 0 Å². The van der Waals surface area contributed by atoms with Crippen LogP contribution in [0.3, 0.4) is 0 Å². The molecule has 0 spiro atoms. The highest BCUT2D eigenvalue weighted by atomic mass is 16.5. The van der Waals surface area contributed by atoms with Crippen molar-refractivity contribution >= 4 is 12.2 Å². The van der Waals surface area contributed by atoms with Crippen LogP contribution in [-0.4, -0.2) is 36.9 Å². The molecule has 1 aliphatic heterocycles. The number of oxazole rings is 1. The molecule has 6 nitrogen and oxygen atoms in total. The normalized spacial score (nSPS) is 18.8. The summed E-state index contributed by atoms with van der Waals surface area (Å²) in [5, 5.41) is 0. The van der Waals surface area contributed by atoms with Gasteiger partial charge in [-0.1, -0.05) is 13.8 Å². The molecule has 0 amide bonds. The molecule has 1 aromatic heterocycles. The quantitative estimate of drug-likeness (QED) is 0.808. The average molecular weight is 254 g/mol. The first-order chi connectivity index (χ1) is 8.76. The molecule has 1 atom stereocenters. The topological polar surface area (TPSA) is 72.6 Å². The van der Waals surface area contributed by atoms with Crippen LogP contribution >= 0.6 is 0 Å². The van der Waals surface area contributed by atoms with E-state index in [1.54, 1.807) is 6.26 Å². The predicted molar refractivity (Wildman–Crippen MR) is 63.1 cm³/mol. The van der Waals surface area contributed by atoms with Crippen LogP contribution < -0.4 is 4.90 Å². The van der Waals surface area contributed by atoms with Crippen LogP contribution in [0, 0.1) is 0 Å². The first kappa shape index (κ1) is 14.4. The lowest BCUT2D eigenvalue weighted by Gasteiger charge is -2.33.